The summed E-state index contributed by atoms with van der Waals surface area (Å²) in [6.07, 6.45) is 10.4. The average molecular weight is 427 g/mol. The van der Waals surface area contributed by atoms with Crippen molar-refractivity contribution in [3.8, 4) is 11.3 Å². The Morgan fingerprint density at radius 1 is 1.20 bits per heavy atom. The molecular formula is C21H26N6O2S. The fourth-order valence-electron chi connectivity index (χ4n) is 4.43. The van der Waals surface area contributed by atoms with Crippen LogP contribution in [-0.2, 0) is 22.8 Å². The van der Waals surface area contributed by atoms with E-state index in [2.05, 4.69) is 21.0 Å². The van der Waals surface area contributed by atoms with Gasteiger partial charge in [-0.15, -0.1) is 0 Å². The number of aryl methyl sites for hydroxylation is 1. The lowest BCUT2D eigenvalue weighted by Crippen LogP contribution is -2.51. The molecule has 1 unspecified atom stereocenters. The minimum atomic E-state index is -1.25. The van der Waals surface area contributed by atoms with Crippen molar-refractivity contribution >= 4 is 33.6 Å². The van der Waals surface area contributed by atoms with Gasteiger partial charge >= 0.3 is 0 Å². The third-order valence-electron chi connectivity index (χ3n) is 6.28. The molecule has 1 aliphatic heterocycles. The fourth-order valence-corrected chi connectivity index (χ4v) is 5.26. The predicted octanol–water partition coefficient (Wildman–Crippen LogP) is 2.03. The summed E-state index contributed by atoms with van der Waals surface area (Å²) in [5.41, 5.74) is 3.54. The highest BCUT2D eigenvalue weighted by atomic mass is 32.2. The Morgan fingerprint density at radius 3 is 2.57 bits per heavy atom. The zero-order valence-corrected chi connectivity index (χ0v) is 18.1. The van der Waals surface area contributed by atoms with Crippen molar-refractivity contribution in [2.24, 2.45) is 13.0 Å². The van der Waals surface area contributed by atoms with Crippen molar-refractivity contribution < 1.29 is 9.00 Å². The number of amides is 1. The average Bonchev–Trinajstić information content (AvgIpc) is 3.30. The number of aromatic nitrogens is 4. The highest BCUT2D eigenvalue weighted by Crippen LogP contribution is 2.34. The number of nitrogens with zero attached hydrogens (tertiary/aromatic N) is 6. The van der Waals surface area contributed by atoms with E-state index in [4.69, 9.17) is 0 Å². The van der Waals surface area contributed by atoms with E-state index in [0.717, 1.165) is 61.4 Å². The molecule has 8 nitrogen and oxygen atoms in total. The number of hydrogen-bond donors (Lipinski definition) is 0. The molecule has 1 amide bonds. The maximum Gasteiger partial charge on any atom is 0.225 e. The number of fused-ring (bicyclic) bond motifs is 1. The van der Waals surface area contributed by atoms with Gasteiger partial charge in [-0.2, -0.15) is 5.10 Å². The highest BCUT2D eigenvalue weighted by molar-refractivity contribution is 7.83. The van der Waals surface area contributed by atoms with E-state index in [-0.39, 0.29) is 5.92 Å². The van der Waals surface area contributed by atoms with Crippen LogP contribution in [0.1, 0.15) is 19.3 Å². The molecule has 0 bridgehead atoms. The lowest BCUT2D eigenvalue weighted by atomic mass is 9.84. The first-order valence-corrected chi connectivity index (χ1v) is 11.9. The van der Waals surface area contributed by atoms with Crippen LogP contribution in [0.2, 0.25) is 0 Å². The zero-order valence-electron chi connectivity index (χ0n) is 17.3. The van der Waals surface area contributed by atoms with Gasteiger partial charge in [0.25, 0.3) is 0 Å². The Hall–Kier alpha value is -2.68. The van der Waals surface area contributed by atoms with Crippen molar-refractivity contribution in [2.75, 3.05) is 37.3 Å². The Morgan fingerprint density at radius 2 is 1.97 bits per heavy atom. The van der Waals surface area contributed by atoms with Gasteiger partial charge in [0.1, 0.15) is 11.0 Å². The normalized spacial score (nSPS) is 18.6. The Kier molecular flexibility index (Phi) is 4.85. The number of pyridine rings is 1. The van der Waals surface area contributed by atoms with Gasteiger partial charge in [0.05, 0.1) is 11.9 Å². The third-order valence-corrected chi connectivity index (χ3v) is 7.17. The van der Waals surface area contributed by atoms with E-state index < -0.39 is 11.0 Å². The van der Waals surface area contributed by atoms with Gasteiger partial charge < -0.3 is 9.80 Å². The molecule has 3 aromatic rings. The number of carbonyl (C=O) groups excluding carboxylic acids is 1. The molecule has 1 saturated carbocycles. The van der Waals surface area contributed by atoms with E-state index in [1.807, 2.05) is 24.2 Å². The van der Waals surface area contributed by atoms with E-state index in [1.165, 1.54) is 6.42 Å². The van der Waals surface area contributed by atoms with Crippen LogP contribution in [0.25, 0.3) is 22.3 Å². The third kappa shape index (κ3) is 3.21. The van der Waals surface area contributed by atoms with Crippen molar-refractivity contribution in [1.82, 2.24) is 23.6 Å². The van der Waals surface area contributed by atoms with Crippen LogP contribution in [0.4, 0.5) is 5.69 Å². The van der Waals surface area contributed by atoms with Crippen LogP contribution in [0.3, 0.4) is 0 Å². The van der Waals surface area contributed by atoms with Crippen LogP contribution in [0.5, 0.6) is 0 Å². The molecule has 0 radical (unpaired) electrons. The van der Waals surface area contributed by atoms with Crippen LogP contribution < -0.4 is 4.90 Å². The monoisotopic (exact) mass is 426 g/mol. The number of rotatable bonds is 4. The first-order valence-electron chi connectivity index (χ1n) is 10.4. The summed E-state index contributed by atoms with van der Waals surface area (Å²) < 4.78 is 16.1. The molecule has 0 spiro atoms. The highest BCUT2D eigenvalue weighted by Gasteiger charge is 2.31. The van der Waals surface area contributed by atoms with Crippen molar-refractivity contribution in [1.29, 1.82) is 0 Å². The molecule has 1 saturated heterocycles. The maximum atomic E-state index is 12.6. The number of hydrogen-bond acceptors (Lipinski definition) is 5. The Labute approximate surface area is 178 Å². The van der Waals surface area contributed by atoms with Gasteiger partial charge in [0, 0.05) is 74.4 Å². The van der Waals surface area contributed by atoms with Gasteiger partial charge in [-0.1, -0.05) is 6.42 Å². The smallest absolute Gasteiger partial charge is 0.225 e. The molecule has 0 aromatic carbocycles. The summed E-state index contributed by atoms with van der Waals surface area (Å²) in [4.78, 5) is 21.4. The summed E-state index contributed by atoms with van der Waals surface area (Å²) in [6, 6.07) is 4.07. The Bertz CT molecular complexity index is 1120. The molecule has 1 atom stereocenters. The SMILES string of the molecule is Cn1cc(-c2cc3c(N4CCN(C(=O)C5CCC5)CC4)ccnc3n2S(C)=O)cn1. The van der Waals surface area contributed by atoms with Gasteiger partial charge in [-0.05, 0) is 25.0 Å². The molecule has 5 rings (SSSR count). The van der Waals surface area contributed by atoms with Gasteiger partial charge in [0.2, 0.25) is 5.91 Å². The van der Waals surface area contributed by atoms with E-state index in [0.29, 0.717) is 11.6 Å². The van der Waals surface area contributed by atoms with E-state index >= 15 is 0 Å². The molecule has 9 heteroatoms. The first kappa shape index (κ1) is 19.3. The Balaban J connectivity index is 1.47. The topological polar surface area (TPSA) is 76.3 Å². The molecule has 2 aliphatic rings. The van der Waals surface area contributed by atoms with Crippen molar-refractivity contribution in [3.05, 3.63) is 30.7 Å². The van der Waals surface area contributed by atoms with E-state index in [1.54, 1.807) is 27.3 Å². The minimum Gasteiger partial charge on any atom is -0.367 e. The van der Waals surface area contributed by atoms with Crippen LogP contribution >= 0.6 is 0 Å². The second kappa shape index (κ2) is 7.54. The molecule has 0 N–H and O–H groups in total. The molecule has 158 valence electrons. The summed E-state index contributed by atoms with van der Waals surface area (Å²) in [5.74, 6) is 0.576. The summed E-state index contributed by atoms with van der Waals surface area (Å²) in [5, 5.41) is 5.24. The van der Waals surface area contributed by atoms with Gasteiger partial charge in [-0.25, -0.2) is 13.2 Å². The fraction of sp³-hybridized carbons (Fsp3) is 0.476. The summed E-state index contributed by atoms with van der Waals surface area (Å²) in [6.45, 7) is 3.07. The number of piperazine rings is 1. The molecule has 3 aromatic heterocycles. The number of carbonyl (C=O) groups is 1. The second-order valence-electron chi connectivity index (χ2n) is 8.16. The molecule has 30 heavy (non-hydrogen) atoms. The van der Waals surface area contributed by atoms with Crippen molar-refractivity contribution in [3.63, 3.8) is 0 Å². The zero-order chi connectivity index (χ0) is 20.8. The van der Waals surface area contributed by atoms with Gasteiger partial charge in [0.15, 0.2) is 5.65 Å². The predicted molar refractivity (Wildman–Crippen MR) is 118 cm³/mol. The largest absolute Gasteiger partial charge is 0.367 e. The maximum absolute atomic E-state index is 12.6. The lowest BCUT2D eigenvalue weighted by molar-refractivity contribution is -0.138. The van der Waals surface area contributed by atoms with Crippen LogP contribution in [0.15, 0.2) is 30.7 Å². The number of anilines is 1. The summed E-state index contributed by atoms with van der Waals surface area (Å²) >= 11 is 0. The molecular weight excluding hydrogens is 400 g/mol. The molecule has 1 aliphatic carbocycles. The van der Waals surface area contributed by atoms with E-state index in [9.17, 15) is 9.00 Å². The van der Waals surface area contributed by atoms with Gasteiger partial charge in [-0.3, -0.25) is 9.48 Å². The van der Waals surface area contributed by atoms with Crippen molar-refractivity contribution in [2.45, 2.75) is 19.3 Å². The molecule has 4 heterocycles. The van der Waals surface area contributed by atoms with Crippen LogP contribution in [-0.4, -0.2) is 66.2 Å². The summed E-state index contributed by atoms with van der Waals surface area (Å²) in [7, 11) is 0.614. The minimum absolute atomic E-state index is 0.250. The lowest BCUT2D eigenvalue weighted by Gasteiger charge is -2.39. The molecule has 2 fully saturated rings. The first-order chi connectivity index (χ1) is 14.5. The standard InChI is InChI=1S/C21H26N6O2S/c1-24-14-16(13-23-24)19-12-17-18(6-7-22-20(17)27(19)30(2)29)25-8-10-26(11-9-25)21(28)15-4-3-5-15/h6-7,12-15H,3-5,8-11H2,1-2H3. The van der Waals surface area contributed by atoms with Crippen LogP contribution in [0, 0.1) is 5.92 Å². The second-order valence-corrected chi connectivity index (χ2v) is 9.37. The quantitative estimate of drug-likeness (QED) is 0.638.